The van der Waals surface area contributed by atoms with Crippen LogP contribution in [0, 0.1) is 10.1 Å². The van der Waals surface area contributed by atoms with E-state index < -0.39 is 4.92 Å². The van der Waals surface area contributed by atoms with Gasteiger partial charge in [0.05, 0.1) is 4.92 Å². The SMILES string of the molecule is CCC(CC)(CC)Nc1ccc([N+](=O)[O-])c(N)c1. The third-order valence-electron chi connectivity index (χ3n) is 3.66. The molecule has 0 unspecified atom stereocenters. The van der Waals surface area contributed by atoms with Gasteiger partial charge in [0, 0.05) is 17.3 Å². The molecule has 100 valence electrons. The Morgan fingerprint density at radius 2 is 1.83 bits per heavy atom. The van der Waals surface area contributed by atoms with Gasteiger partial charge in [-0.05, 0) is 31.4 Å². The van der Waals surface area contributed by atoms with Crippen molar-refractivity contribution in [3.05, 3.63) is 28.3 Å². The van der Waals surface area contributed by atoms with Crippen molar-refractivity contribution in [1.29, 1.82) is 0 Å². The number of hydrogen-bond acceptors (Lipinski definition) is 4. The fourth-order valence-electron chi connectivity index (χ4n) is 2.12. The van der Waals surface area contributed by atoms with Crippen molar-refractivity contribution in [2.24, 2.45) is 0 Å². The zero-order valence-electron chi connectivity index (χ0n) is 11.2. The van der Waals surface area contributed by atoms with Crippen molar-refractivity contribution in [2.45, 2.75) is 45.6 Å². The first-order valence-corrected chi connectivity index (χ1v) is 6.30. The van der Waals surface area contributed by atoms with E-state index >= 15 is 0 Å². The summed E-state index contributed by atoms with van der Waals surface area (Å²) in [7, 11) is 0. The molecule has 0 amide bonds. The monoisotopic (exact) mass is 251 g/mol. The second-order valence-electron chi connectivity index (χ2n) is 4.50. The van der Waals surface area contributed by atoms with Gasteiger partial charge in [0.1, 0.15) is 5.69 Å². The second-order valence-corrected chi connectivity index (χ2v) is 4.50. The van der Waals surface area contributed by atoms with Gasteiger partial charge in [0.15, 0.2) is 0 Å². The number of nitrogens with one attached hydrogen (secondary N) is 1. The molecule has 0 aliphatic carbocycles. The summed E-state index contributed by atoms with van der Waals surface area (Å²) in [6.45, 7) is 6.40. The van der Waals surface area contributed by atoms with Gasteiger partial charge >= 0.3 is 0 Å². The number of nitrogen functional groups attached to an aromatic ring is 1. The molecule has 0 spiro atoms. The van der Waals surface area contributed by atoms with Gasteiger partial charge in [0.2, 0.25) is 0 Å². The summed E-state index contributed by atoms with van der Waals surface area (Å²) in [5, 5.41) is 14.1. The number of anilines is 2. The van der Waals surface area contributed by atoms with Crippen LogP contribution in [0.5, 0.6) is 0 Å². The lowest BCUT2D eigenvalue weighted by atomic mass is 9.89. The minimum atomic E-state index is -0.466. The molecule has 0 aromatic heterocycles. The van der Waals surface area contributed by atoms with E-state index in [0.29, 0.717) is 0 Å². The molecule has 0 heterocycles. The highest BCUT2D eigenvalue weighted by molar-refractivity contribution is 5.66. The molecule has 5 nitrogen and oxygen atoms in total. The number of hydrogen-bond donors (Lipinski definition) is 2. The minimum Gasteiger partial charge on any atom is -0.393 e. The van der Waals surface area contributed by atoms with Crippen molar-refractivity contribution in [1.82, 2.24) is 0 Å². The molecule has 1 rings (SSSR count). The van der Waals surface area contributed by atoms with E-state index in [1.54, 1.807) is 12.1 Å². The smallest absolute Gasteiger partial charge is 0.292 e. The minimum absolute atomic E-state index is 0.0303. The molecule has 0 bridgehead atoms. The Hall–Kier alpha value is -1.78. The normalized spacial score (nSPS) is 11.3. The van der Waals surface area contributed by atoms with Crippen molar-refractivity contribution in [3.8, 4) is 0 Å². The van der Waals surface area contributed by atoms with Gasteiger partial charge in [0.25, 0.3) is 5.69 Å². The van der Waals surface area contributed by atoms with Crippen molar-refractivity contribution in [2.75, 3.05) is 11.1 Å². The number of benzene rings is 1. The fourth-order valence-corrected chi connectivity index (χ4v) is 2.12. The Morgan fingerprint density at radius 3 is 2.22 bits per heavy atom. The topological polar surface area (TPSA) is 81.2 Å². The molecule has 18 heavy (non-hydrogen) atoms. The fraction of sp³-hybridized carbons (Fsp3) is 0.538. The van der Waals surface area contributed by atoms with Crippen LogP contribution in [0.1, 0.15) is 40.0 Å². The Balaban J connectivity index is 2.98. The predicted molar refractivity (Wildman–Crippen MR) is 74.7 cm³/mol. The summed E-state index contributed by atoms with van der Waals surface area (Å²) >= 11 is 0. The van der Waals surface area contributed by atoms with Crippen molar-refractivity contribution < 1.29 is 4.92 Å². The van der Waals surface area contributed by atoms with E-state index in [4.69, 9.17) is 5.73 Å². The lowest BCUT2D eigenvalue weighted by Crippen LogP contribution is -2.36. The molecule has 1 aromatic carbocycles. The summed E-state index contributed by atoms with van der Waals surface area (Å²) in [4.78, 5) is 10.2. The first-order chi connectivity index (χ1) is 8.48. The van der Waals surface area contributed by atoms with E-state index in [2.05, 4.69) is 26.1 Å². The predicted octanol–water partition coefficient (Wildman–Crippen LogP) is 3.56. The van der Waals surface area contributed by atoms with Gasteiger partial charge in [-0.1, -0.05) is 20.8 Å². The number of nitro benzene ring substituents is 1. The van der Waals surface area contributed by atoms with Crippen LogP contribution in [0.25, 0.3) is 0 Å². The summed E-state index contributed by atoms with van der Waals surface area (Å²) in [6.07, 6.45) is 2.99. The summed E-state index contributed by atoms with van der Waals surface area (Å²) in [6, 6.07) is 4.79. The lowest BCUT2D eigenvalue weighted by molar-refractivity contribution is -0.383. The van der Waals surface area contributed by atoms with Crippen LogP contribution in [0.15, 0.2) is 18.2 Å². The maximum absolute atomic E-state index is 10.7. The maximum Gasteiger partial charge on any atom is 0.292 e. The molecule has 0 radical (unpaired) electrons. The third-order valence-corrected chi connectivity index (χ3v) is 3.66. The van der Waals surface area contributed by atoms with E-state index in [-0.39, 0.29) is 16.9 Å². The quantitative estimate of drug-likeness (QED) is 0.460. The zero-order chi connectivity index (χ0) is 13.8. The molecule has 1 aromatic rings. The third kappa shape index (κ3) is 2.91. The highest BCUT2D eigenvalue weighted by atomic mass is 16.6. The first kappa shape index (κ1) is 14.3. The van der Waals surface area contributed by atoms with Crippen LogP contribution in [0.2, 0.25) is 0 Å². The summed E-state index contributed by atoms with van der Waals surface area (Å²) in [5.74, 6) is 0. The van der Waals surface area contributed by atoms with Crippen molar-refractivity contribution in [3.63, 3.8) is 0 Å². The Labute approximate surface area is 108 Å². The lowest BCUT2D eigenvalue weighted by Gasteiger charge is -2.33. The van der Waals surface area contributed by atoms with Crippen molar-refractivity contribution >= 4 is 17.1 Å². The molecule has 0 saturated carbocycles. The van der Waals surface area contributed by atoms with E-state index in [0.717, 1.165) is 24.9 Å². The average Bonchev–Trinajstić information content (AvgIpc) is 2.36. The van der Waals surface area contributed by atoms with Crippen LogP contribution in [0.3, 0.4) is 0 Å². The Bertz CT molecular complexity index is 420. The first-order valence-electron chi connectivity index (χ1n) is 6.30. The second kappa shape index (κ2) is 5.71. The summed E-state index contributed by atoms with van der Waals surface area (Å²) < 4.78 is 0. The number of nitro groups is 1. The van der Waals surface area contributed by atoms with Crippen LogP contribution in [-0.2, 0) is 0 Å². The Morgan fingerprint density at radius 1 is 1.28 bits per heavy atom. The molecule has 0 fully saturated rings. The molecular weight excluding hydrogens is 230 g/mol. The van der Waals surface area contributed by atoms with Crippen LogP contribution in [0.4, 0.5) is 17.1 Å². The number of nitrogens with two attached hydrogens (primary N) is 1. The maximum atomic E-state index is 10.7. The van der Waals surface area contributed by atoms with Crippen LogP contribution < -0.4 is 11.1 Å². The average molecular weight is 251 g/mol. The zero-order valence-corrected chi connectivity index (χ0v) is 11.2. The molecule has 0 saturated heterocycles. The Kier molecular flexibility index (Phi) is 4.53. The molecule has 0 atom stereocenters. The van der Waals surface area contributed by atoms with Gasteiger partial charge in [-0.25, -0.2) is 0 Å². The number of rotatable bonds is 6. The van der Waals surface area contributed by atoms with E-state index in [9.17, 15) is 10.1 Å². The molecular formula is C13H21N3O2. The standard InChI is InChI=1S/C13H21N3O2/c1-4-13(5-2,6-3)15-10-7-8-12(16(17)18)11(14)9-10/h7-9,15H,4-6,14H2,1-3H3. The molecule has 0 aliphatic rings. The van der Waals surface area contributed by atoms with E-state index in [1.165, 1.54) is 6.07 Å². The molecule has 0 aliphatic heterocycles. The molecule has 5 heteroatoms. The van der Waals surface area contributed by atoms with Crippen LogP contribution >= 0.6 is 0 Å². The number of nitrogens with zero attached hydrogens (tertiary/aromatic N) is 1. The molecule has 3 N–H and O–H groups in total. The van der Waals surface area contributed by atoms with E-state index in [1.807, 2.05) is 0 Å². The highest BCUT2D eigenvalue weighted by Gasteiger charge is 2.24. The van der Waals surface area contributed by atoms with Gasteiger partial charge in [-0.2, -0.15) is 0 Å². The van der Waals surface area contributed by atoms with Gasteiger partial charge in [-0.3, -0.25) is 10.1 Å². The highest BCUT2D eigenvalue weighted by Crippen LogP contribution is 2.29. The van der Waals surface area contributed by atoms with Crippen LogP contribution in [-0.4, -0.2) is 10.5 Å². The van der Waals surface area contributed by atoms with Gasteiger partial charge < -0.3 is 11.1 Å². The van der Waals surface area contributed by atoms with Gasteiger partial charge in [-0.15, -0.1) is 0 Å². The summed E-state index contributed by atoms with van der Waals surface area (Å²) in [5.41, 5.74) is 6.70. The largest absolute Gasteiger partial charge is 0.393 e.